The molecule has 4 N–H and O–H groups in total. The molecule has 1 aliphatic rings. The molecule has 3 aromatic carbocycles. The number of hydrogen-bond acceptors (Lipinski definition) is 7. The summed E-state index contributed by atoms with van der Waals surface area (Å²) in [5, 5.41) is 4.62. The molecule has 6 rings (SSSR count). The molecule has 11 nitrogen and oxygen atoms in total. The number of carbonyl (C=O) groups excluding carboxylic acids is 1. The molecule has 3 heterocycles. The summed E-state index contributed by atoms with van der Waals surface area (Å²) in [5.41, 5.74) is 7.03. The SMILES string of the molecule is Cc1cc(Oc2ccccc2F)ccc1-n1ncc(C(=O)c2cc3cc(OC(F)F)c(N4CC(C)(C)NS4(=O)=O)cc3[nH]2)c1N. The summed E-state index contributed by atoms with van der Waals surface area (Å²) in [6.45, 7) is 1.82. The van der Waals surface area contributed by atoms with E-state index in [2.05, 4.69) is 19.5 Å². The average molecular weight is 641 g/mol. The third-order valence-electron chi connectivity index (χ3n) is 7.18. The highest BCUT2D eigenvalue weighted by atomic mass is 32.2. The monoisotopic (exact) mass is 640 g/mol. The van der Waals surface area contributed by atoms with Gasteiger partial charge in [-0.1, -0.05) is 12.1 Å². The molecule has 45 heavy (non-hydrogen) atoms. The summed E-state index contributed by atoms with van der Waals surface area (Å²) in [5.74, 6) is -0.936. The molecule has 5 aromatic rings. The lowest BCUT2D eigenvalue weighted by Crippen LogP contribution is -2.36. The highest BCUT2D eigenvalue weighted by molar-refractivity contribution is 7.91. The lowest BCUT2D eigenvalue weighted by Gasteiger charge is -2.20. The number of nitrogens with two attached hydrogens (primary N) is 1. The zero-order chi connectivity index (χ0) is 32.3. The molecule has 234 valence electrons. The lowest BCUT2D eigenvalue weighted by molar-refractivity contribution is -0.0493. The number of ketones is 1. The Hall–Kier alpha value is -5.02. The number of benzene rings is 3. The van der Waals surface area contributed by atoms with Gasteiger partial charge < -0.3 is 20.2 Å². The number of alkyl halides is 2. The van der Waals surface area contributed by atoms with E-state index in [-0.39, 0.29) is 40.8 Å². The predicted molar refractivity (Wildman–Crippen MR) is 161 cm³/mol. The Morgan fingerprint density at radius 2 is 1.82 bits per heavy atom. The van der Waals surface area contributed by atoms with Crippen LogP contribution in [0.1, 0.15) is 35.5 Å². The second-order valence-electron chi connectivity index (χ2n) is 11.1. The van der Waals surface area contributed by atoms with Gasteiger partial charge in [0.15, 0.2) is 17.3 Å². The standard InChI is InChI=1S/C30H27F3N6O5S/c1-16-10-18(43-25-7-5-4-6-20(25)31)8-9-23(16)39-28(34)19(14-35-39)27(40)22-11-17-12-26(44-29(32)33)24(13-21(17)36-22)38-15-30(2,3)37-45(38,41)42/h4-14,29,36-37H,15,34H2,1-3H3. The van der Waals surface area contributed by atoms with E-state index in [1.165, 1.54) is 41.2 Å². The summed E-state index contributed by atoms with van der Waals surface area (Å²) in [6, 6.07) is 15.0. The van der Waals surface area contributed by atoms with Gasteiger partial charge in [-0.2, -0.15) is 27.0 Å². The van der Waals surface area contributed by atoms with E-state index in [0.29, 0.717) is 27.9 Å². The number of para-hydroxylation sites is 1. The van der Waals surface area contributed by atoms with Crippen molar-refractivity contribution in [1.29, 1.82) is 0 Å². The van der Waals surface area contributed by atoms with E-state index in [9.17, 15) is 26.4 Å². The number of aromatic nitrogens is 3. The number of halogens is 3. The van der Waals surface area contributed by atoms with E-state index < -0.39 is 34.0 Å². The maximum atomic E-state index is 14.0. The number of nitrogens with one attached hydrogen (secondary N) is 2. The van der Waals surface area contributed by atoms with E-state index in [4.69, 9.17) is 10.5 Å². The lowest BCUT2D eigenvalue weighted by atomic mass is 10.1. The zero-order valence-corrected chi connectivity index (χ0v) is 25.0. The molecule has 0 radical (unpaired) electrons. The molecular formula is C30H27F3N6O5S. The van der Waals surface area contributed by atoms with E-state index in [1.54, 1.807) is 51.1 Å². The minimum Gasteiger partial charge on any atom is -0.454 e. The van der Waals surface area contributed by atoms with Gasteiger partial charge in [-0.05, 0) is 74.9 Å². The number of rotatable bonds is 8. The summed E-state index contributed by atoms with van der Waals surface area (Å²) in [4.78, 5) is 16.5. The van der Waals surface area contributed by atoms with Crippen LogP contribution in [-0.4, -0.2) is 47.7 Å². The number of anilines is 2. The first-order chi connectivity index (χ1) is 21.2. The second-order valence-corrected chi connectivity index (χ2v) is 12.7. The number of fused-ring (bicyclic) bond motifs is 1. The average Bonchev–Trinajstić information content (AvgIpc) is 3.60. The van der Waals surface area contributed by atoms with Crippen LogP contribution in [0.4, 0.5) is 24.7 Å². The molecule has 1 saturated heterocycles. The van der Waals surface area contributed by atoms with Crippen LogP contribution in [0, 0.1) is 12.7 Å². The van der Waals surface area contributed by atoms with Crippen molar-refractivity contribution in [2.45, 2.75) is 32.9 Å². The fourth-order valence-corrected chi connectivity index (χ4v) is 6.97. The van der Waals surface area contributed by atoms with Crippen LogP contribution < -0.4 is 24.2 Å². The second kappa shape index (κ2) is 10.9. The van der Waals surface area contributed by atoms with Crippen molar-refractivity contribution >= 4 is 38.4 Å². The number of nitrogen functional groups attached to an aromatic ring is 1. The Labute approximate surface area is 255 Å². The quantitative estimate of drug-likeness (QED) is 0.192. The van der Waals surface area contributed by atoms with Crippen molar-refractivity contribution in [3.05, 3.63) is 89.5 Å². The van der Waals surface area contributed by atoms with Gasteiger partial charge in [0, 0.05) is 16.4 Å². The third-order valence-corrected chi connectivity index (χ3v) is 8.89. The van der Waals surface area contributed by atoms with Crippen LogP contribution in [0.3, 0.4) is 0 Å². The molecule has 2 aromatic heterocycles. The topological polar surface area (TPSA) is 145 Å². The molecule has 0 amide bonds. The molecule has 0 aliphatic carbocycles. The van der Waals surface area contributed by atoms with Crippen molar-refractivity contribution < 1.29 is 35.9 Å². The maximum Gasteiger partial charge on any atom is 0.387 e. The van der Waals surface area contributed by atoms with Crippen molar-refractivity contribution in [3.63, 3.8) is 0 Å². The molecule has 1 fully saturated rings. The van der Waals surface area contributed by atoms with Crippen LogP contribution in [0.15, 0.2) is 66.9 Å². The van der Waals surface area contributed by atoms with Crippen LogP contribution >= 0.6 is 0 Å². The zero-order valence-electron chi connectivity index (χ0n) is 24.1. The number of hydrogen-bond donors (Lipinski definition) is 3. The first-order valence-electron chi connectivity index (χ1n) is 13.6. The van der Waals surface area contributed by atoms with Crippen molar-refractivity contribution in [2.24, 2.45) is 0 Å². The van der Waals surface area contributed by atoms with Crippen LogP contribution in [0.2, 0.25) is 0 Å². The predicted octanol–water partition coefficient (Wildman–Crippen LogP) is 5.44. The van der Waals surface area contributed by atoms with Gasteiger partial charge in [-0.25, -0.2) is 9.07 Å². The summed E-state index contributed by atoms with van der Waals surface area (Å²) < 4.78 is 81.4. The van der Waals surface area contributed by atoms with Gasteiger partial charge in [-0.3, -0.25) is 9.10 Å². The van der Waals surface area contributed by atoms with Crippen molar-refractivity contribution in [3.8, 4) is 22.9 Å². The van der Waals surface area contributed by atoms with Crippen molar-refractivity contribution in [1.82, 2.24) is 19.5 Å². The number of aromatic amines is 1. The normalized spacial score (nSPS) is 15.6. The summed E-state index contributed by atoms with van der Waals surface area (Å²) >= 11 is 0. The van der Waals surface area contributed by atoms with Crippen molar-refractivity contribution in [2.75, 3.05) is 16.6 Å². The Bertz CT molecular complexity index is 2080. The molecule has 0 atom stereocenters. The molecule has 0 spiro atoms. The fraction of sp³-hybridized carbons (Fsp3) is 0.200. The third kappa shape index (κ3) is 5.67. The van der Waals surface area contributed by atoms with Gasteiger partial charge in [-0.15, -0.1) is 0 Å². The molecule has 15 heteroatoms. The first kappa shape index (κ1) is 30.0. The van der Waals surface area contributed by atoms with Gasteiger partial charge in [0.05, 0.1) is 35.4 Å². The highest BCUT2D eigenvalue weighted by Crippen LogP contribution is 2.39. The Kier molecular flexibility index (Phi) is 7.24. The van der Waals surface area contributed by atoms with E-state index in [1.807, 2.05) is 0 Å². The Morgan fingerprint density at radius 3 is 2.49 bits per heavy atom. The summed E-state index contributed by atoms with van der Waals surface area (Å²) in [7, 11) is -4.06. The van der Waals surface area contributed by atoms with Crippen LogP contribution in [0.5, 0.6) is 17.2 Å². The maximum absolute atomic E-state index is 14.0. The van der Waals surface area contributed by atoms with Crippen LogP contribution in [0.25, 0.3) is 16.6 Å². The van der Waals surface area contributed by atoms with Gasteiger partial charge >= 0.3 is 16.8 Å². The molecular weight excluding hydrogens is 613 g/mol. The number of aryl methyl sites for hydroxylation is 1. The van der Waals surface area contributed by atoms with E-state index >= 15 is 0 Å². The Balaban J connectivity index is 1.32. The van der Waals surface area contributed by atoms with Crippen LogP contribution in [-0.2, 0) is 10.2 Å². The highest BCUT2D eigenvalue weighted by Gasteiger charge is 2.42. The minimum absolute atomic E-state index is 0.0309. The smallest absolute Gasteiger partial charge is 0.387 e. The first-order valence-corrected chi connectivity index (χ1v) is 15.0. The van der Waals surface area contributed by atoms with E-state index in [0.717, 1.165) is 4.31 Å². The molecule has 0 unspecified atom stereocenters. The molecule has 0 saturated carbocycles. The minimum atomic E-state index is -4.06. The number of ether oxygens (including phenoxy) is 2. The number of carbonyl (C=O) groups is 1. The largest absolute Gasteiger partial charge is 0.454 e. The van der Waals surface area contributed by atoms with Gasteiger partial charge in [0.2, 0.25) is 5.78 Å². The van der Waals surface area contributed by atoms with Gasteiger partial charge in [0.25, 0.3) is 0 Å². The van der Waals surface area contributed by atoms with Gasteiger partial charge in [0.1, 0.15) is 11.6 Å². The number of nitrogens with zero attached hydrogens (tertiary/aromatic N) is 3. The Morgan fingerprint density at radius 1 is 1.07 bits per heavy atom. The number of H-pyrrole nitrogens is 1. The molecule has 0 bridgehead atoms. The summed E-state index contributed by atoms with van der Waals surface area (Å²) in [6.07, 6.45) is 1.30. The fourth-order valence-electron chi connectivity index (χ4n) is 5.20. The molecule has 1 aliphatic heterocycles.